The molecule has 0 bridgehead atoms. The molecule has 5 heteroatoms. The maximum absolute atomic E-state index is 8.45. The molecule has 0 spiro atoms. The number of hydrogen-bond acceptors (Lipinski definition) is 3. The smallest absolute Gasteiger partial charge is 0.137 e. The van der Waals surface area contributed by atoms with Gasteiger partial charge in [-0.15, -0.1) is 0 Å². The first-order chi connectivity index (χ1) is 8.56. The summed E-state index contributed by atoms with van der Waals surface area (Å²) in [5, 5.41) is 6.93. The van der Waals surface area contributed by atoms with Crippen LogP contribution in [-0.2, 0) is 4.74 Å². The van der Waals surface area contributed by atoms with Gasteiger partial charge in [-0.25, -0.2) is 0 Å². The molecule has 18 heavy (non-hydrogen) atoms. The molecule has 0 aromatic carbocycles. The highest BCUT2D eigenvalue weighted by molar-refractivity contribution is 5.01. The van der Waals surface area contributed by atoms with Gasteiger partial charge in [0.15, 0.2) is 0 Å². The van der Waals surface area contributed by atoms with Crippen LogP contribution in [0.1, 0.15) is 40.5 Å². The monoisotopic (exact) mass is 252 g/mol. The summed E-state index contributed by atoms with van der Waals surface area (Å²) in [6.07, 6.45) is 1.22. The minimum atomic E-state index is -0.412. The van der Waals surface area contributed by atoms with Gasteiger partial charge in [-0.3, -0.25) is 0 Å². The molecule has 1 unspecified atom stereocenters. The largest absolute Gasteiger partial charge is 0.360 e. The minimum absolute atomic E-state index is 0.319. The molecule has 0 aromatic rings. The third-order valence-corrected chi connectivity index (χ3v) is 2.10. The molecule has 0 fully saturated rings. The average Bonchev–Trinajstić information content (AvgIpc) is 2.29. The first-order valence-corrected chi connectivity index (χ1v) is 6.43. The van der Waals surface area contributed by atoms with Crippen LogP contribution >= 0.6 is 0 Å². The van der Waals surface area contributed by atoms with Crippen molar-refractivity contribution < 1.29 is 4.74 Å². The molecule has 0 saturated heterocycles. The number of nitrogens with one attached hydrogen (secondary N) is 1. The molecular weight excluding hydrogens is 228 g/mol. The van der Waals surface area contributed by atoms with Gasteiger partial charge in [-0.05, 0) is 24.9 Å². The second-order valence-corrected chi connectivity index (χ2v) is 4.70. The lowest BCUT2D eigenvalue weighted by Gasteiger charge is -2.12. The van der Waals surface area contributed by atoms with Crippen LogP contribution in [0.3, 0.4) is 0 Å². The van der Waals surface area contributed by atoms with Crippen LogP contribution in [0.25, 0.3) is 10.4 Å². The normalized spacial score (nSPS) is 11.9. The molecule has 0 rings (SSSR count). The number of ether oxygens (including phenoxy) is 1. The van der Waals surface area contributed by atoms with E-state index in [0.29, 0.717) is 25.0 Å². The zero-order valence-corrected chi connectivity index (χ0v) is 11.8. The zero-order chi connectivity index (χ0) is 13.8. The summed E-state index contributed by atoms with van der Waals surface area (Å²) in [5.41, 5.74) is 8.45. The van der Waals surface area contributed by atoms with Crippen molar-refractivity contribution in [3.05, 3.63) is 10.4 Å². The standard InChI is InChI=1S/C13H24N4O/c1-11(2)7-6-10-18-13(16-17-14)8-5-9-15-12(3)4/h11-13,15H,5,8-10H2,1-4H3. The number of nitrogens with zero attached hydrogens (tertiary/aromatic N) is 3. The van der Waals surface area contributed by atoms with Crippen LogP contribution in [0.2, 0.25) is 0 Å². The van der Waals surface area contributed by atoms with Gasteiger partial charge in [0.05, 0.1) is 0 Å². The number of rotatable bonds is 8. The van der Waals surface area contributed by atoms with E-state index in [-0.39, 0.29) is 0 Å². The van der Waals surface area contributed by atoms with Gasteiger partial charge in [-0.2, -0.15) is 0 Å². The second kappa shape index (κ2) is 10.9. The minimum Gasteiger partial charge on any atom is -0.360 e. The third-order valence-electron chi connectivity index (χ3n) is 2.10. The Hall–Kier alpha value is -1.21. The van der Waals surface area contributed by atoms with Crippen molar-refractivity contribution in [2.24, 2.45) is 11.0 Å². The molecule has 102 valence electrons. The van der Waals surface area contributed by atoms with Gasteiger partial charge in [0.1, 0.15) is 12.8 Å². The summed E-state index contributed by atoms with van der Waals surface area (Å²) < 4.78 is 5.42. The summed E-state index contributed by atoms with van der Waals surface area (Å²) in [4.78, 5) is 2.80. The van der Waals surface area contributed by atoms with Crippen molar-refractivity contribution in [2.45, 2.75) is 52.8 Å². The Morgan fingerprint density at radius 1 is 1.33 bits per heavy atom. The molecule has 1 atom stereocenters. The van der Waals surface area contributed by atoms with Gasteiger partial charge >= 0.3 is 0 Å². The highest BCUT2D eigenvalue weighted by atomic mass is 16.5. The van der Waals surface area contributed by atoms with Crippen molar-refractivity contribution in [1.29, 1.82) is 0 Å². The summed E-state index contributed by atoms with van der Waals surface area (Å²) in [6, 6.07) is 0.473. The van der Waals surface area contributed by atoms with Gasteiger partial charge in [0.2, 0.25) is 0 Å². The van der Waals surface area contributed by atoms with Crippen molar-refractivity contribution in [3.8, 4) is 11.8 Å². The van der Waals surface area contributed by atoms with E-state index in [4.69, 9.17) is 10.3 Å². The van der Waals surface area contributed by atoms with Gasteiger partial charge in [0.25, 0.3) is 0 Å². The Morgan fingerprint density at radius 3 is 2.61 bits per heavy atom. The van der Waals surface area contributed by atoms with Crippen LogP contribution in [0.4, 0.5) is 0 Å². The molecule has 0 amide bonds. The van der Waals surface area contributed by atoms with E-state index in [1.807, 2.05) is 13.8 Å². The lowest BCUT2D eigenvalue weighted by Crippen LogP contribution is -2.24. The summed E-state index contributed by atoms with van der Waals surface area (Å²) in [6.45, 7) is 9.46. The van der Waals surface area contributed by atoms with Crippen LogP contribution in [0.5, 0.6) is 0 Å². The van der Waals surface area contributed by atoms with E-state index >= 15 is 0 Å². The van der Waals surface area contributed by atoms with Crippen LogP contribution < -0.4 is 5.32 Å². The first-order valence-electron chi connectivity index (χ1n) is 6.43. The maximum Gasteiger partial charge on any atom is 0.137 e. The highest BCUT2D eigenvalue weighted by Gasteiger charge is 2.05. The van der Waals surface area contributed by atoms with E-state index in [0.717, 1.165) is 13.0 Å². The summed E-state index contributed by atoms with van der Waals surface area (Å²) in [5.74, 6) is 6.25. The molecule has 1 N–H and O–H groups in total. The Morgan fingerprint density at radius 2 is 2.06 bits per heavy atom. The van der Waals surface area contributed by atoms with Crippen molar-refractivity contribution >= 4 is 0 Å². The van der Waals surface area contributed by atoms with Crippen LogP contribution in [0, 0.1) is 17.8 Å². The average molecular weight is 252 g/mol. The molecule has 0 aliphatic carbocycles. The first kappa shape index (κ1) is 16.8. The quantitative estimate of drug-likeness (QED) is 0.237. The number of azide groups is 1. The predicted octanol–water partition coefficient (Wildman–Crippen LogP) is 3.08. The molecule has 5 nitrogen and oxygen atoms in total. The fraction of sp³-hybridized carbons (Fsp3) is 0.846. The van der Waals surface area contributed by atoms with Crippen LogP contribution in [-0.4, -0.2) is 25.4 Å². The fourth-order valence-electron chi connectivity index (χ4n) is 1.28. The Labute approximate surface area is 110 Å². The van der Waals surface area contributed by atoms with Crippen LogP contribution in [0.15, 0.2) is 5.11 Å². The van der Waals surface area contributed by atoms with Crippen molar-refractivity contribution in [2.75, 3.05) is 13.2 Å². The van der Waals surface area contributed by atoms with Crippen molar-refractivity contribution in [3.63, 3.8) is 0 Å². The maximum atomic E-state index is 8.45. The van der Waals surface area contributed by atoms with Gasteiger partial charge in [0, 0.05) is 16.9 Å². The summed E-state index contributed by atoms with van der Waals surface area (Å²) >= 11 is 0. The number of hydrogen-bond donors (Lipinski definition) is 1. The lowest BCUT2D eigenvalue weighted by atomic mass is 10.2. The Bertz CT molecular complexity index is 311. The van der Waals surface area contributed by atoms with Gasteiger partial charge < -0.3 is 10.1 Å². The van der Waals surface area contributed by atoms with E-state index < -0.39 is 6.23 Å². The molecule has 0 heterocycles. The lowest BCUT2D eigenvalue weighted by molar-refractivity contribution is 0.0750. The van der Waals surface area contributed by atoms with E-state index in [2.05, 4.69) is 41.0 Å². The fourth-order valence-corrected chi connectivity index (χ4v) is 1.28. The Kier molecular flexibility index (Phi) is 10.2. The molecular formula is C13H24N4O. The Balaban J connectivity index is 3.86. The SMILES string of the molecule is CC(C)C#CCOC(CCCNC(C)C)N=[N+]=[N-]. The zero-order valence-electron chi connectivity index (χ0n) is 11.8. The predicted molar refractivity (Wildman–Crippen MR) is 73.9 cm³/mol. The van der Waals surface area contributed by atoms with Gasteiger partial charge in [-0.1, -0.05) is 44.7 Å². The van der Waals surface area contributed by atoms with E-state index in [9.17, 15) is 0 Å². The molecule has 0 radical (unpaired) electrons. The molecule has 0 aromatic heterocycles. The topological polar surface area (TPSA) is 70.0 Å². The highest BCUT2D eigenvalue weighted by Crippen LogP contribution is 2.04. The second-order valence-electron chi connectivity index (χ2n) is 4.70. The van der Waals surface area contributed by atoms with Crippen molar-refractivity contribution in [1.82, 2.24) is 5.32 Å². The van der Waals surface area contributed by atoms with E-state index in [1.54, 1.807) is 0 Å². The third kappa shape index (κ3) is 11.3. The molecule has 0 aliphatic heterocycles. The summed E-state index contributed by atoms with van der Waals surface area (Å²) in [7, 11) is 0. The van der Waals surface area contributed by atoms with E-state index in [1.165, 1.54) is 0 Å². The molecule has 0 saturated carbocycles. The molecule has 0 aliphatic rings.